The van der Waals surface area contributed by atoms with E-state index < -0.39 is 0 Å². The maximum Gasteiger partial charge on any atom is 0.227 e. The van der Waals surface area contributed by atoms with E-state index in [4.69, 9.17) is 0 Å². The van der Waals surface area contributed by atoms with E-state index in [-0.39, 0.29) is 5.91 Å². The number of H-pyrrole nitrogens is 2. The third-order valence-electron chi connectivity index (χ3n) is 4.75. The smallest absolute Gasteiger partial charge is 0.227 e. The normalized spacial score (nSPS) is 18.4. The number of nitrogens with one attached hydrogen (secondary N) is 2. The Kier molecular flexibility index (Phi) is 3.61. The zero-order valence-corrected chi connectivity index (χ0v) is 13.0. The molecule has 3 heterocycles. The van der Waals surface area contributed by atoms with Crippen molar-refractivity contribution < 1.29 is 4.79 Å². The van der Waals surface area contributed by atoms with Gasteiger partial charge in [-0.05, 0) is 30.5 Å². The van der Waals surface area contributed by atoms with Crippen molar-refractivity contribution in [1.29, 1.82) is 0 Å². The van der Waals surface area contributed by atoms with Crippen molar-refractivity contribution in [2.75, 3.05) is 13.1 Å². The van der Waals surface area contributed by atoms with Gasteiger partial charge in [0, 0.05) is 48.0 Å². The summed E-state index contributed by atoms with van der Waals surface area (Å²) in [7, 11) is 0. The Balaban J connectivity index is 1.48. The zero-order valence-electron chi connectivity index (χ0n) is 13.0. The summed E-state index contributed by atoms with van der Waals surface area (Å²) in [6.07, 6.45) is 6.35. The van der Waals surface area contributed by atoms with E-state index in [0.717, 1.165) is 48.1 Å². The number of hydrogen-bond donors (Lipinski definition) is 2. The van der Waals surface area contributed by atoms with Crippen LogP contribution in [0.25, 0.3) is 10.9 Å². The summed E-state index contributed by atoms with van der Waals surface area (Å²) in [6, 6.07) is 10.1. The van der Waals surface area contributed by atoms with Crippen LogP contribution in [0.3, 0.4) is 0 Å². The van der Waals surface area contributed by atoms with Gasteiger partial charge in [-0.1, -0.05) is 18.2 Å². The van der Waals surface area contributed by atoms with Gasteiger partial charge in [0.25, 0.3) is 0 Å². The number of aromatic amines is 2. The molecular formula is C18H20N4O. The van der Waals surface area contributed by atoms with Crippen molar-refractivity contribution in [3.63, 3.8) is 0 Å². The van der Waals surface area contributed by atoms with E-state index in [0.29, 0.717) is 12.3 Å². The van der Waals surface area contributed by atoms with Crippen LogP contribution in [0.5, 0.6) is 0 Å². The minimum Gasteiger partial charge on any atom is -0.361 e. The first kappa shape index (κ1) is 14.1. The second-order valence-corrected chi connectivity index (χ2v) is 6.23. The summed E-state index contributed by atoms with van der Waals surface area (Å²) >= 11 is 0. The highest BCUT2D eigenvalue weighted by atomic mass is 16.2. The van der Waals surface area contributed by atoms with E-state index in [1.807, 2.05) is 35.4 Å². The molecule has 1 aliphatic rings. The second kappa shape index (κ2) is 5.91. The molecule has 2 aromatic heterocycles. The Bertz CT molecular complexity index is 805. The lowest BCUT2D eigenvalue weighted by atomic mass is 9.94. The Morgan fingerprint density at radius 3 is 3.09 bits per heavy atom. The fraction of sp³-hybridized carbons (Fsp3) is 0.333. The molecule has 0 aliphatic carbocycles. The first-order valence-electron chi connectivity index (χ1n) is 8.13. The maximum atomic E-state index is 12.7. The molecule has 1 unspecified atom stereocenters. The van der Waals surface area contributed by atoms with Crippen LogP contribution < -0.4 is 0 Å². The summed E-state index contributed by atoms with van der Waals surface area (Å²) in [5, 5.41) is 8.21. The second-order valence-electron chi connectivity index (χ2n) is 6.23. The molecule has 5 nitrogen and oxygen atoms in total. The summed E-state index contributed by atoms with van der Waals surface area (Å²) in [5.74, 6) is 0.581. The Morgan fingerprint density at radius 2 is 2.22 bits per heavy atom. The number of piperidine rings is 1. The molecular weight excluding hydrogens is 288 g/mol. The number of likely N-dealkylation sites (tertiary alicyclic amines) is 1. The largest absolute Gasteiger partial charge is 0.361 e. The molecule has 0 radical (unpaired) electrons. The van der Waals surface area contributed by atoms with Gasteiger partial charge in [0.05, 0.1) is 6.42 Å². The SMILES string of the molecule is O=C(Cc1c[nH]c2ccccc12)N1CCCC(c2ccn[nH]2)C1. The fourth-order valence-electron chi connectivity index (χ4n) is 3.50. The van der Waals surface area contributed by atoms with Crippen molar-refractivity contribution >= 4 is 16.8 Å². The van der Waals surface area contributed by atoms with Crippen molar-refractivity contribution in [3.8, 4) is 0 Å². The number of rotatable bonds is 3. The highest BCUT2D eigenvalue weighted by Crippen LogP contribution is 2.26. The molecule has 5 heteroatoms. The van der Waals surface area contributed by atoms with E-state index in [1.165, 1.54) is 0 Å². The quantitative estimate of drug-likeness (QED) is 0.781. The molecule has 3 aromatic rings. The van der Waals surface area contributed by atoms with E-state index in [2.05, 4.69) is 21.2 Å². The number of hydrogen-bond acceptors (Lipinski definition) is 2. The highest BCUT2D eigenvalue weighted by molar-refractivity contribution is 5.88. The molecule has 4 rings (SSSR count). The van der Waals surface area contributed by atoms with Crippen LogP contribution in [0.1, 0.15) is 30.0 Å². The van der Waals surface area contributed by atoms with Crippen LogP contribution in [-0.2, 0) is 11.2 Å². The molecule has 1 atom stereocenters. The number of amides is 1. The van der Waals surface area contributed by atoms with Crippen LogP contribution in [0.15, 0.2) is 42.7 Å². The molecule has 118 valence electrons. The summed E-state index contributed by atoms with van der Waals surface area (Å²) in [5.41, 5.74) is 3.30. The Hall–Kier alpha value is -2.56. The van der Waals surface area contributed by atoms with Gasteiger partial charge in [-0.15, -0.1) is 0 Å². The molecule has 23 heavy (non-hydrogen) atoms. The predicted octanol–water partition coefficient (Wildman–Crippen LogP) is 2.84. The average molecular weight is 308 g/mol. The van der Waals surface area contributed by atoms with E-state index >= 15 is 0 Å². The Morgan fingerprint density at radius 1 is 1.30 bits per heavy atom. The molecule has 0 saturated carbocycles. The van der Waals surface area contributed by atoms with E-state index in [9.17, 15) is 4.79 Å². The summed E-state index contributed by atoms with van der Waals surface area (Å²) < 4.78 is 0. The number of benzene rings is 1. The van der Waals surface area contributed by atoms with Crippen molar-refractivity contribution in [2.45, 2.75) is 25.2 Å². The van der Waals surface area contributed by atoms with Crippen molar-refractivity contribution in [3.05, 3.63) is 54.0 Å². The standard InChI is InChI=1S/C18H20N4O/c23-18(10-14-11-19-17-6-2-1-5-15(14)17)22-9-3-4-13(12-22)16-7-8-20-21-16/h1-2,5-8,11,13,19H,3-4,9-10,12H2,(H,20,21). The molecule has 1 fully saturated rings. The Labute approximate surface area is 134 Å². The first-order chi connectivity index (χ1) is 11.3. The van der Waals surface area contributed by atoms with Crippen LogP contribution in [-0.4, -0.2) is 39.1 Å². The van der Waals surface area contributed by atoms with Gasteiger partial charge in [0.2, 0.25) is 5.91 Å². The van der Waals surface area contributed by atoms with Gasteiger partial charge in [-0.25, -0.2) is 0 Å². The molecule has 2 N–H and O–H groups in total. The highest BCUT2D eigenvalue weighted by Gasteiger charge is 2.25. The molecule has 0 bridgehead atoms. The van der Waals surface area contributed by atoms with Gasteiger partial charge in [-0.3, -0.25) is 9.89 Å². The van der Waals surface area contributed by atoms with Gasteiger partial charge in [0.15, 0.2) is 0 Å². The lowest BCUT2D eigenvalue weighted by Crippen LogP contribution is -2.40. The molecule has 1 saturated heterocycles. The number of aromatic nitrogens is 3. The molecule has 1 aliphatic heterocycles. The van der Waals surface area contributed by atoms with Crippen molar-refractivity contribution in [1.82, 2.24) is 20.1 Å². The fourth-order valence-corrected chi connectivity index (χ4v) is 3.50. The van der Waals surface area contributed by atoms with Crippen molar-refractivity contribution in [2.24, 2.45) is 0 Å². The average Bonchev–Trinajstić information content (AvgIpc) is 3.25. The topological polar surface area (TPSA) is 64.8 Å². The number of nitrogens with zero attached hydrogens (tertiary/aromatic N) is 2. The third kappa shape index (κ3) is 2.74. The summed E-state index contributed by atoms with van der Waals surface area (Å²) in [4.78, 5) is 18.0. The number of carbonyl (C=O) groups is 1. The van der Waals surface area contributed by atoms with Gasteiger partial charge >= 0.3 is 0 Å². The predicted molar refractivity (Wildman–Crippen MR) is 89.1 cm³/mol. The lowest BCUT2D eigenvalue weighted by molar-refractivity contribution is -0.131. The van der Waals surface area contributed by atoms with Gasteiger partial charge in [0.1, 0.15) is 0 Å². The van der Waals surface area contributed by atoms with Crippen LogP contribution in [0, 0.1) is 0 Å². The molecule has 1 amide bonds. The van der Waals surface area contributed by atoms with Gasteiger partial charge < -0.3 is 9.88 Å². The third-order valence-corrected chi connectivity index (χ3v) is 4.75. The van der Waals surface area contributed by atoms with E-state index in [1.54, 1.807) is 6.20 Å². The number of para-hydroxylation sites is 1. The minimum absolute atomic E-state index is 0.207. The zero-order chi connectivity index (χ0) is 15.6. The minimum atomic E-state index is 0.207. The monoisotopic (exact) mass is 308 g/mol. The van der Waals surface area contributed by atoms with Crippen LogP contribution in [0.4, 0.5) is 0 Å². The van der Waals surface area contributed by atoms with Gasteiger partial charge in [-0.2, -0.15) is 5.10 Å². The van der Waals surface area contributed by atoms with Crippen LogP contribution >= 0.6 is 0 Å². The number of carbonyl (C=O) groups excluding carboxylic acids is 1. The first-order valence-corrected chi connectivity index (χ1v) is 8.13. The molecule has 1 aromatic carbocycles. The molecule has 0 spiro atoms. The lowest BCUT2D eigenvalue weighted by Gasteiger charge is -2.32. The van der Waals surface area contributed by atoms with Crippen LogP contribution in [0.2, 0.25) is 0 Å². The number of fused-ring (bicyclic) bond motifs is 1. The summed E-state index contributed by atoms with van der Waals surface area (Å²) in [6.45, 7) is 1.63. The maximum absolute atomic E-state index is 12.7.